The van der Waals surface area contributed by atoms with Crippen molar-refractivity contribution in [2.24, 2.45) is 4.99 Å². The minimum Gasteiger partial charge on any atom is -0.211 e. The standard InChI is InChI=1S/C13H14ClNO/c1-10-6-11(8-12(14)7-10)13(15-9-16)4-2-3-5-13/h6-8H,2-5H2,1H3. The van der Waals surface area contributed by atoms with Crippen LogP contribution in [0.15, 0.2) is 23.2 Å². The first-order valence-electron chi connectivity index (χ1n) is 5.53. The summed E-state index contributed by atoms with van der Waals surface area (Å²) in [7, 11) is 0. The summed E-state index contributed by atoms with van der Waals surface area (Å²) < 4.78 is 0. The zero-order valence-electron chi connectivity index (χ0n) is 9.29. The quantitative estimate of drug-likeness (QED) is 0.567. The first-order valence-corrected chi connectivity index (χ1v) is 5.91. The number of hydrogen-bond donors (Lipinski definition) is 0. The van der Waals surface area contributed by atoms with Crippen LogP contribution in [0.2, 0.25) is 5.02 Å². The molecular weight excluding hydrogens is 222 g/mol. The van der Waals surface area contributed by atoms with Crippen LogP contribution in [-0.4, -0.2) is 6.08 Å². The van der Waals surface area contributed by atoms with Gasteiger partial charge in [0.2, 0.25) is 6.08 Å². The van der Waals surface area contributed by atoms with Crippen molar-refractivity contribution in [3.05, 3.63) is 34.3 Å². The molecule has 0 heterocycles. The number of aryl methyl sites for hydroxylation is 1. The SMILES string of the molecule is Cc1cc(Cl)cc(C2(N=C=O)CCCC2)c1. The lowest BCUT2D eigenvalue weighted by Crippen LogP contribution is -2.18. The summed E-state index contributed by atoms with van der Waals surface area (Å²) >= 11 is 6.05. The molecule has 0 aromatic heterocycles. The molecule has 0 N–H and O–H groups in total. The monoisotopic (exact) mass is 235 g/mol. The van der Waals surface area contributed by atoms with Gasteiger partial charge in [-0.2, -0.15) is 4.99 Å². The molecule has 1 aliphatic carbocycles. The summed E-state index contributed by atoms with van der Waals surface area (Å²) in [6.07, 6.45) is 5.77. The van der Waals surface area contributed by atoms with Gasteiger partial charge < -0.3 is 0 Å². The molecule has 1 fully saturated rings. The Labute approximate surface area is 100 Å². The highest BCUT2D eigenvalue weighted by molar-refractivity contribution is 6.30. The van der Waals surface area contributed by atoms with E-state index >= 15 is 0 Å². The van der Waals surface area contributed by atoms with Crippen LogP contribution >= 0.6 is 11.6 Å². The van der Waals surface area contributed by atoms with Gasteiger partial charge in [-0.3, -0.25) is 0 Å². The summed E-state index contributed by atoms with van der Waals surface area (Å²) in [6, 6.07) is 5.90. The van der Waals surface area contributed by atoms with Gasteiger partial charge in [-0.15, -0.1) is 0 Å². The first-order chi connectivity index (χ1) is 7.66. The Hall–Kier alpha value is -1.11. The number of benzene rings is 1. The van der Waals surface area contributed by atoms with E-state index < -0.39 is 0 Å². The van der Waals surface area contributed by atoms with E-state index in [9.17, 15) is 4.79 Å². The summed E-state index contributed by atoms with van der Waals surface area (Å²) in [5, 5.41) is 0.711. The van der Waals surface area contributed by atoms with Crippen molar-refractivity contribution < 1.29 is 4.79 Å². The molecule has 0 aliphatic heterocycles. The van der Waals surface area contributed by atoms with Gasteiger partial charge >= 0.3 is 0 Å². The van der Waals surface area contributed by atoms with Gasteiger partial charge in [-0.05, 0) is 43.0 Å². The second-order valence-electron chi connectivity index (χ2n) is 4.46. The third-order valence-corrected chi connectivity index (χ3v) is 3.49. The topological polar surface area (TPSA) is 29.4 Å². The molecule has 16 heavy (non-hydrogen) atoms. The summed E-state index contributed by atoms with van der Waals surface area (Å²) in [4.78, 5) is 14.6. The molecule has 2 rings (SSSR count). The lowest BCUT2D eigenvalue weighted by molar-refractivity contribution is 0.455. The maximum atomic E-state index is 10.6. The molecule has 0 atom stereocenters. The highest BCUT2D eigenvalue weighted by atomic mass is 35.5. The summed E-state index contributed by atoms with van der Waals surface area (Å²) in [5.74, 6) is 0. The number of carbonyl (C=O) groups excluding carboxylic acids is 1. The fourth-order valence-electron chi connectivity index (χ4n) is 2.52. The van der Waals surface area contributed by atoms with Crippen LogP contribution in [0.3, 0.4) is 0 Å². The van der Waals surface area contributed by atoms with Crippen LogP contribution in [0.25, 0.3) is 0 Å². The number of nitrogens with zero attached hydrogens (tertiary/aromatic N) is 1. The Morgan fingerprint density at radius 3 is 2.56 bits per heavy atom. The third kappa shape index (κ3) is 2.04. The molecule has 1 aromatic carbocycles. The van der Waals surface area contributed by atoms with Crippen molar-refractivity contribution in [1.29, 1.82) is 0 Å². The molecular formula is C13H14ClNO. The van der Waals surface area contributed by atoms with Crippen LogP contribution in [-0.2, 0) is 10.3 Å². The maximum absolute atomic E-state index is 10.6. The first kappa shape index (κ1) is 11.4. The van der Waals surface area contributed by atoms with Gasteiger partial charge in [0, 0.05) is 5.02 Å². The molecule has 84 valence electrons. The van der Waals surface area contributed by atoms with E-state index in [2.05, 4.69) is 11.1 Å². The van der Waals surface area contributed by atoms with E-state index in [1.807, 2.05) is 19.1 Å². The van der Waals surface area contributed by atoms with E-state index in [0.717, 1.165) is 36.8 Å². The molecule has 1 saturated carbocycles. The Bertz CT molecular complexity index is 423. The Morgan fingerprint density at radius 1 is 1.31 bits per heavy atom. The third-order valence-electron chi connectivity index (χ3n) is 3.27. The summed E-state index contributed by atoms with van der Waals surface area (Å²) in [6.45, 7) is 2.00. The Morgan fingerprint density at radius 2 is 2.00 bits per heavy atom. The van der Waals surface area contributed by atoms with Gasteiger partial charge in [0.05, 0.1) is 5.54 Å². The van der Waals surface area contributed by atoms with Crippen molar-refractivity contribution in [2.45, 2.75) is 38.1 Å². The number of hydrogen-bond acceptors (Lipinski definition) is 2. The zero-order chi connectivity index (χ0) is 11.6. The highest BCUT2D eigenvalue weighted by Crippen LogP contribution is 2.42. The molecule has 1 aromatic rings. The van der Waals surface area contributed by atoms with Crippen LogP contribution in [0.5, 0.6) is 0 Å². The lowest BCUT2D eigenvalue weighted by Gasteiger charge is -2.23. The van der Waals surface area contributed by atoms with Gasteiger partial charge in [-0.1, -0.05) is 30.5 Å². The van der Waals surface area contributed by atoms with Crippen molar-refractivity contribution in [3.8, 4) is 0 Å². The molecule has 0 amide bonds. The fourth-order valence-corrected chi connectivity index (χ4v) is 2.81. The Kier molecular flexibility index (Phi) is 3.13. The molecule has 0 spiro atoms. The highest BCUT2D eigenvalue weighted by Gasteiger charge is 2.35. The normalized spacial score (nSPS) is 18.1. The van der Waals surface area contributed by atoms with Gasteiger partial charge in [0.15, 0.2) is 0 Å². The number of isocyanates is 1. The maximum Gasteiger partial charge on any atom is 0.235 e. The zero-order valence-corrected chi connectivity index (χ0v) is 10.0. The van der Waals surface area contributed by atoms with E-state index in [1.54, 1.807) is 6.08 Å². The second kappa shape index (κ2) is 4.40. The molecule has 0 bridgehead atoms. The van der Waals surface area contributed by atoms with Gasteiger partial charge in [0.1, 0.15) is 0 Å². The molecule has 1 aliphatic rings. The van der Waals surface area contributed by atoms with Crippen LogP contribution in [0, 0.1) is 6.92 Å². The van der Waals surface area contributed by atoms with Crippen LogP contribution in [0.1, 0.15) is 36.8 Å². The molecule has 3 heteroatoms. The fraction of sp³-hybridized carbons (Fsp3) is 0.462. The van der Waals surface area contributed by atoms with Crippen molar-refractivity contribution in [2.75, 3.05) is 0 Å². The Balaban J connectivity index is 2.50. The van der Waals surface area contributed by atoms with Gasteiger partial charge in [-0.25, -0.2) is 4.79 Å². The van der Waals surface area contributed by atoms with Crippen molar-refractivity contribution in [1.82, 2.24) is 0 Å². The minimum absolute atomic E-state index is 0.364. The van der Waals surface area contributed by atoms with E-state index in [1.165, 1.54) is 0 Å². The second-order valence-corrected chi connectivity index (χ2v) is 4.90. The predicted molar refractivity (Wildman–Crippen MR) is 64.5 cm³/mol. The molecule has 0 radical (unpaired) electrons. The van der Waals surface area contributed by atoms with Crippen LogP contribution in [0.4, 0.5) is 0 Å². The average molecular weight is 236 g/mol. The minimum atomic E-state index is -0.364. The smallest absolute Gasteiger partial charge is 0.211 e. The van der Waals surface area contributed by atoms with Crippen molar-refractivity contribution in [3.63, 3.8) is 0 Å². The summed E-state index contributed by atoms with van der Waals surface area (Å²) in [5.41, 5.74) is 1.80. The van der Waals surface area contributed by atoms with E-state index in [-0.39, 0.29) is 5.54 Å². The molecule has 2 nitrogen and oxygen atoms in total. The van der Waals surface area contributed by atoms with Crippen LogP contribution < -0.4 is 0 Å². The predicted octanol–water partition coefficient (Wildman–Crippen LogP) is 3.75. The van der Waals surface area contributed by atoms with E-state index in [4.69, 9.17) is 11.6 Å². The average Bonchev–Trinajstić information content (AvgIpc) is 2.66. The lowest BCUT2D eigenvalue weighted by atomic mass is 9.88. The van der Waals surface area contributed by atoms with Gasteiger partial charge in [0.25, 0.3) is 0 Å². The van der Waals surface area contributed by atoms with Crippen molar-refractivity contribution >= 4 is 17.7 Å². The number of aliphatic imine (C=N–C) groups is 1. The largest absolute Gasteiger partial charge is 0.235 e. The number of rotatable bonds is 2. The molecule has 0 unspecified atom stereocenters. The molecule has 0 saturated heterocycles. The van der Waals surface area contributed by atoms with E-state index in [0.29, 0.717) is 5.02 Å². The number of halogens is 1.